The Bertz CT molecular complexity index is 465. The molecule has 15 heavy (non-hydrogen) atoms. The third-order valence-corrected chi connectivity index (χ3v) is 2.00. The minimum absolute atomic E-state index is 0.0781. The SMILES string of the molecule is Nc1ncc(-c2cc(Cl)nc(Cl)n2)cn1. The predicted molar refractivity (Wildman–Crippen MR) is 57.5 cm³/mol. The number of nitrogen functional groups attached to an aromatic ring is 1. The van der Waals surface area contributed by atoms with Crippen LogP contribution in [0.2, 0.25) is 10.4 Å². The third-order valence-electron chi connectivity index (χ3n) is 1.64. The highest BCUT2D eigenvalue weighted by molar-refractivity contribution is 6.32. The van der Waals surface area contributed by atoms with Crippen LogP contribution in [0, 0.1) is 0 Å². The van der Waals surface area contributed by atoms with Gasteiger partial charge < -0.3 is 5.73 Å². The Kier molecular flexibility index (Phi) is 2.66. The summed E-state index contributed by atoms with van der Waals surface area (Å²) in [6, 6.07) is 1.57. The fourth-order valence-electron chi connectivity index (χ4n) is 1.01. The van der Waals surface area contributed by atoms with Crippen molar-refractivity contribution in [3.63, 3.8) is 0 Å². The van der Waals surface area contributed by atoms with E-state index < -0.39 is 0 Å². The molecule has 2 aromatic heterocycles. The number of aromatic nitrogens is 4. The van der Waals surface area contributed by atoms with Crippen LogP contribution in [0.15, 0.2) is 18.5 Å². The Hall–Kier alpha value is -1.46. The van der Waals surface area contributed by atoms with Gasteiger partial charge in [0.1, 0.15) is 5.15 Å². The Morgan fingerprint density at radius 3 is 2.33 bits per heavy atom. The molecule has 0 aliphatic heterocycles. The van der Waals surface area contributed by atoms with Crippen molar-refractivity contribution >= 4 is 29.2 Å². The topological polar surface area (TPSA) is 77.6 Å². The first-order chi connectivity index (χ1) is 7.15. The van der Waals surface area contributed by atoms with Crippen molar-refractivity contribution in [1.29, 1.82) is 0 Å². The lowest BCUT2D eigenvalue weighted by molar-refractivity contribution is 1.14. The molecule has 0 atom stereocenters. The van der Waals surface area contributed by atoms with E-state index >= 15 is 0 Å². The lowest BCUT2D eigenvalue weighted by atomic mass is 10.2. The van der Waals surface area contributed by atoms with Crippen molar-refractivity contribution in [2.75, 3.05) is 5.73 Å². The van der Waals surface area contributed by atoms with E-state index in [-0.39, 0.29) is 16.4 Å². The van der Waals surface area contributed by atoms with E-state index in [0.717, 1.165) is 0 Å². The number of nitrogens with zero attached hydrogens (tertiary/aromatic N) is 4. The number of nitrogens with two attached hydrogens (primary N) is 1. The highest BCUT2D eigenvalue weighted by Crippen LogP contribution is 2.20. The van der Waals surface area contributed by atoms with Gasteiger partial charge in [-0.25, -0.2) is 19.9 Å². The highest BCUT2D eigenvalue weighted by Gasteiger charge is 2.04. The number of hydrogen-bond acceptors (Lipinski definition) is 5. The second-order valence-corrected chi connectivity index (χ2v) is 3.40. The Labute approximate surface area is 95.3 Å². The van der Waals surface area contributed by atoms with Crippen LogP contribution in [0.25, 0.3) is 11.3 Å². The molecular weight excluding hydrogens is 237 g/mol. The summed E-state index contributed by atoms with van der Waals surface area (Å²) in [4.78, 5) is 15.4. The fraction of sp³-hybridized carbons (Fsp3) is 0. The van der Waals surface area contributed by atoms with E-state index in [9.17, 15) is 0 Å². The third kappa shape index (κ3) is 2.31. The zero-order chi connectivity index (χ0) is 10.8. The first kappa shape index (κ1) is 10.1. The van der Waals surface area contributed by atoms with Gasteiger partial charge in [0.25, 0.3) is 0 Å². The summed E-state index contributed by atoms with van der Waals surface area (Å²) >= 11 is 11.4. The maximum atomic E-state index is 5.73. The molecule has 2 rings (SSSR count). The van der Waals surface area contributed by atoms with Crippen molar-refractivity contribution in [2.24, 2.45) is 0 Å². The average molecular weight is 242 g/mol. The Morgan fingerprint density at radius 2 is 1.73 bits per heavy atom. The van der Waals surface area contributed by atoms with E-state index in [1.165, 1.54) is 12.4 Å². The van der Waals surface area contributed by atoms with Gasteiger partial charge in [-0.1, -0.05) is 11.6 Å². The smallest absolute Gasteiger partial charge is 0.224 e. The second kappa shape index (κ2) is 3.96. The van der Waals surface area contributed by atoms with Gasteiger partial charge in [-0.3, -0.25) is 0 Å². The molecule has 2 aromatic rings. The minimum atomic E-state index is 0.0781. The maximum absolute atomic E-state index is 5.73. The van der Waals surface area contributed by atoms with Gasteiger partial charge >= 0.3 is 0 Å². The highest BCUT2D eigenvalue weighted by atomic mass is 35.5. The molecule has 2 heterocycles. The molecule has 0 saturated heterocycles. The second-order valence-electron chi connectivity index (χ2n) is 2.67. The zero-order valence-electron chi connectivity index (χ0n) is 7.35. The molecule has 0 bridgehead atoms. The quantitative estimate of drug-likeness (QED) is 0.609. The van der Waals surface area contributed by atoms with Crippen LogP contribution >= 0.6 is 23.2 Å². The number of halogens is 2. The summed E-state index contributed by atoms with van der Waals surface area (Å²) in [5.41, 5.74) is 6.59. The number of hydrogen-bond donors (Lipinski definition) is 1. The molecule has 0 saturated carbocycles. The summed E-state index contributed by atoms with van der Waals surface area (Å²) in [7, 11) is 0. The molecule has 0 aliphatic rings. The van der Waals surface area contributed by atoms with E-state index in [2.05, 4.69) is 19.9 Å². The zero-order valence-corrected chi connectivity index (χ0v) is 8.87. The van der Waals surface area contributed by atoms with Gasteiger partial charge in [0.15, 0.2) is 0 Å². The molecule has 7 heteroatoms. The van der Waals surface area contributed by atoms with E-state index in [1.807, 2.05) is 0 Å². The largest absolute Gasteiger partial charge is 0.368 e. The average Bonchev–Trinajstić information content (AvgIpc) is 2.17. The standard InChI is InChI=1S/C8H5Cl2N5/c9-6-1-5(14-7(10)15-6)4-2-12-8(11)13-3-4/h1-3H,(H2,11,12,13). The Morgan fingerprint density at radius 1 is 1.07 bits per heavy atom. The molecule has 5 nitrogen and oxygen atoms in total. The predicted octanol–water partition coefficient (Wildman–Crippen LogP) is 1.82. The van der Waals surface area contributed by atoms with Gasteiger partial charge in [0, 0.05) is 24.0 Å². The van der Waals surface area contributed by atoms with E-state index in [4.69, 9.17) is 28.9 Å². The van der Waals surface area contributed by atoms with Crippen molar-refractivity contribution in [1.82, 2.24) is 19.9 Å². The van der Waals surface area contributed by atoms with Crippen LogP contribution < -0.4 is 5.73 Å². The molecule has 76 valence electrons. The van der Waals surface area contributed by atoms with E-state index in [1.54, 1.807) is 6.07 Å². The van der Waals surface area contributed by atoms with Gasteiger partial charge in [0.2, 0.25) is 11.2 Å². The van der Waals surface area contributed by atoms with E-state index in [0.29, 0.717) is 11.3 Å². The van der Waals surface area contributed by atoms with Crippen LogP contribution in [0.1, 0.15) is 0 Å². The van der Waals surface area contributed by atoms with Gasteiger partial charge in [-0.05, 0) is 11.6 Å². The summed E-state index contributed by atoms with van der Waals surface area (Å²) in [5, 5.41) is 0.344. The number of rotatable bonds is 1. The summed E-state index contributed by atoms with van der Waals surface area (Å²) in [6.45, 7) is 0. The molecule has 2 N–H and O–H groups in total. The summed E-state index contributed by atoms with van der Waals surface area (Å²) in [5.74, 6) is 0.199. The van der Waals surface area contributed by atoms with Crippen LogP contribution in [0.5, 0.6) is 0 Å². The monoisotopic (exact) mass is 241 g/mol. The molecule has 0 spiro atoms. The normalized spacial score (nSPS) is 10.3. The van der Waals surface area contributed by atoms with Crippen LogP contribution in [-0.4, -0.2) is 19.9 Å². The van der Waals surface area contributed by atoms with Crippen LogP contribution in [-0.2, 0) is 0 Å². The fourth-order valence-corrected chi connectivity index (χ4v) is 1.42. The van der Waals surface area contributed by atoms with Crippen LogP contribution in [0.4, 0.5) is 5.95 Å². The molecule has 0 fully saturated rings. The maximum Gasteiger partial charge on any atom is 0.224 e. The van der Waals surface area contributed by atoms with Crippen molar-refractivity contribution in [3.8, 4) is 11.3 Å². The van der Waals surface area contributed by atoms with Gasteiger partial charge in [-0.2, -0.15) is 0 Å². The first-order valence-corrected chi connectivity index (χ1v) is 4.69. The molecular formula is C8H5Cl2N5. The van der Waals surface area contributed by atoms with Gasteiger partial charge in [-0.15, -0.1) is 0 Å². The minimum Gasteiger partial charge on any atom is -0.368 e. The van der Waals surface area contributed by atoms with Crippen molar-refractivity contribution < 1.29 is 0 Å². The molecule has 0 radical (unpaired) electrons. The summed E-state index contributed by atoms with van der Waals surface area (Å²) in [6.07, 6.45) is 3.08. The van der Waals surface area contributed by atoms with Crippen molar-refractivity contribution in [2.45, 2.75) is 0 Å². The summed E-state index contributed by atoms with van der Waals surface area (Å²) < 4.78 is 0. The number of anilines is 1. The molecule has 0 aromatic carbocycles. The molecule has 0 aliphatic carbocycles. The molecule has 0 unspecified atom stereocenters. The molecule has 0 amide bonds. The van der Waals surface area contributed by atoms with Crippen LogP contribution in [0.3, 0.4) is 0 Å². The first-order valence-electron chi connectivity index (χ1n) is 3.93. The lowest BCUT2D eigenvalue weighted by Gasteiger charge is -2.00. The lowest BCUT2D eigenvalue weighted by Crippen LogP contribution is -1.95. The van der Waals surface area contributed by atoms with Crippen molar-refractivity contribution in [3.05, 3.63) is 28.9 Å². The van der Waals surface area contributed by atoms with Gasteiger partial charge in [0.05, 0.1) is 5.69 Å². The Balaban J connectivity index is 2.49.